The van der Waals surface area contributed by atoms with Crippen molar-refractivity contribution in [2.75, 3.05) is 20.0 Å². The number of nitrogen functional groups attached to an aromatic ring is 1. The molecule has 2 N–H and O–H groups in total. The molecule has 0 atom stereocenters. The molecule has 24 heavy (non-hydrogen) atoms. The number of aromatic nitrogens is 4. The molecule has 0 radical (unpaired) electrons. The standard InChI is InChI=1S/C15H11Cl2N5O2/c1-23-10-5-11(24-2)13(17)8(12(10)16)3-4-9-14-15(18)19-6-21-22(14)7-20-9/h5-7H,1-2H3,(H2,18,19,21). The molecule has 0 amide bonds. The highest BCUT2D eigenvalue weighted by molar-refractivity contribution is 6.38. The summed E-state index contributed by atoms with van der Waals surface area (Å²) in [4.78, 5) is 8.10. The normalized spacial score (nSPS) is 10.3. The SMILES string of the molecule is COc1cc(OC)c(Cl)c(C#Cc2ncn3ncnc(N)c23)c1Cl. The Morgan fingerprint density at radius 3 is 2.38 bits per heavy atom. The Labute approximate surface area is 147 Å². The highest BCUT2D eigenvalue weighted by Crippen LogP contribution is 2.39. The van der Waals surface area contributed by atoms with E-state index in [0.717, 1.165) is 0 Å². The number of fused-ring (bicyclic) bond motifs is 1. The van der Waals surface area contributed by atoms with Gasteiger partial charge in [0.25, 0.3) is 0 Å². The van der Waals surface area contributed by atoms with Gasteiger partial charge < -0.3 is 15.2 Å². The zero-order valence-electron chi connectivity index (χ0n) is 12.7. The molecule has 0 aliphatic carbocycles. The molecule has 1 aromatic carbocycles. The zero-order chi connectivity index (χ0) is 17.3. The van der Waals surface area contributed by atoms with Gasteiger partial charge in [-0.2, -0.15) is 5.10 Å². The first kappa shape index (κ1) is 16.2. The molecule has 0 aliphatic rings. The number of imidazole rings is 1. The maximum Gasteiger partial charge on any atom is 0.154 e. The van der Waals surface area contributed by atoms with Crippen molar-refractivity contribution >= 4 is 34.5 Å². The first-order chi connectivity index (χ1) is 11.6. The lowest BCUT2D eigenvalue weighted by Crippen LogP contribution is -1.98. The van der Waals surface area contributed by atoms with Crippen LogP contribution in [0, 0.1) is 11.8 Å². The Bertz CT molecular complexity index is 963. The van der Waals surface area contributed by atoms with E-state index in [0.29, 0.717) is 28.3 Å². The van der Waals surface area contributed by atoms with Gasteiger partial charge in [0.1, 0.15) is 35.4 Å². The number of hydrogen-bond acceptors (Lipinski definition) is 6. The summed E-state index contributed by atoms with van der Waals surface area (Å²) in [5, 5.41) is 4.57. The van der Waals surface area contributed by atoms with Gasteiger partial charge in [-0.1, -0.05) is 29.1 Å². The summed E-state index contributed by atoms with van der Waals surface area (Å²) in [6.45, 7) is 0. The number of nitrogens with zero attached hydrogens (tertiary/aromatic N) is 4. The van der Waals surface area contributed by atoms with Gasteiger partial charge in [-0.15, -0.1) is 0 Å². The lowest BCUT2D eigenvalue weighted by atomic mass is 10.2. The number of hydrogen-bond donors (Lipinski definition) is 1. The Kier molecular flexibility index (Phi) is 4.34. The Hall–Kier alpha value is -2.69. The highest BCUT2D eigenvalue weighted by Gasteiger charge is 2.16. The summed E-state index contributed by atoms with van der Waals surface area (Å²) in [7, 11) is 2.99. The van der Waals surface area contributed by atoms with Gasteiger partial charge in [0.15, 0.2) is 5.82 Å². The fraction of sp³-hybridized carbons (Fsp3) is 0.133. The number of halogens is 2. The number of rotatable bonds is 2. The molecular weight excluding hydrogens is 353 g/mol. The number of benzene rings is 1. The average Bonchev–Trinajstić information content (AvgIpc) is 3.00. The number of ether oxygens (including phenoxy) is 2. The zero-order valence-corrected chi connectivity index (χ0v) is 14.2. The van der Waals surface area contributed by atoms with Crippen LogP contribution in [0.15, 0.2) is 18.7 Å². The van der Waals surface area contributed by atoms with Gasteiger partial charge in [-0.3, -0.25) is 0 Å². The summed E-state index contributed by atoms with van der Waals surface area (Å²) in [6, 6.07) is 1.59. The van der Waals surface area contributed by atoms with E-state index >= 15 is 0 Å². The van der Waals surface area contributed by atoms with Crippen LogP contribution in [0.4, 0.5) is 5.82 Å². The largest absolute Gasteiger partial charge is 0.495 e. The Morgan fingerprint density at radius 1 is 1.08 bits per heavy atom. The van der Waals surface area contributed by atoms with Crippen molar-refractivity contribution in [2.45, 2.75) is 0 Å². The summed E-state index contributed by atoms with van der Waals surface area (Å²) in [6.07, 6.45) is 2.83. The van der Waals surface area contributed by atoms with Crippen molar-refractivity contribution in [1.29, 1.82) is 0 Å². The number of methoxy groups -OCH3 is 2. The van der Waals surface area contributed by atoms with Gasteiger partial charge in [-0.05, 0) is 5.92 Å². The molecule has 2 aromatic heterocycles. The van der Waals surface area contributed by atoms with Crippen LogP contribution in [0.2, 0.25) is 10.0 Å². The van der Waals surface area contributed by atoms with Crippen LogP contribution >= 0.6 is 23.2 Å². The molecule has 0 fully saturated rings. The van der Waals surface area contributed by atoms with Crippen molar-refractivity contribution < 1.29 is 9.47 Å². The second-order valence-electron chi connectivity index (χ2n) is 4.57. The van der Waals surface area contributed by atoms with Crippen molar-refractivity contribution in [2.24, 2.45) is 0 Å². The second kappa shape index (κ2) is 6.43. The molecule has 0 bridgehead atoms. The van der Waals surface area contributed by atoms with Gasteiger partial charge >= 0.3 is 0 Å². The van der Waals surface area contributed by atoms with Crippen LogP contribution in [0.3, 0.4) is 0 Å². The van der Waals surface area contributed by atoms with E-state index in [-0.39, 0.29) is 15.9 Å². The lowest BCUT2D eigenvalue weighted by molar-refractivity contribution is 0.394. The molecule has 0 unspecified atom stereocenters. The molecule has 3 aromatic rings. The topological polar surface area (TPSA) is 87.6 Å². The van der Waals surface area contributed by atoms with Crippen LogP contribution in [-0.2, 0) is 0 Å². The van der Waals surface area contributed by atoms with E-state index in [1.807, 2.05) is 0 Å². The fourth-order valence-electron chi connectivity index (χ4n) is 2.08. The minimum atomic E-state index is 0.271. The Balaban J connectivity index is 2.17. The first-order valence-corrected chi connectivity index (χ1v) is 7.38. The van der Waals surface area contributed by atoms with Crippen LogP contribution in [0.5, 0.6) is 11.5 Å². The molecule has 122 valence electrons. The van der Waals surface area contributed by atoms with E-state index in [2.05, 4.69) is 26.9 Å². The molecule has 7 nitrogen and oxygen atoms in total. The quantitative estimate of drug-likeness (QED) is 0.703. The highest BCUT2D eigenvalue weighted by atomic mass is 35.5. The van der Waals surface area contributed by atoms with Gasteiger partial charge in [-0.25, -0.2) is 14.5 Å². The molecule has 0 spiro atoms. The van der Waals surface area contributed by atoms with Crippen LogP contribution < -0.4 is 15.2 Å². The summed E-state index contributed by atoms with van der Waals surface area (Å²) in [5.74, 6) is 6.85. The van der Waals surface area contributed by atoms with Crippen molar-refractivity contribution in [1.82, 2.24) is 19.6 Å². The predicted octanol–water partition coefficient (Wildman–Crippen LogP) is 2.43. The monoisotopic (exact) mass is 363 g/mol. The van der Waals surface area contributed by atoms with Gasteiger partial charge in [0.05, 0.1) is 29.8 Å². The van der Waals surface area contributed by atoms with E-state index < -0.39 is 0 Å². The molecule has 0 saturated carbocycles. The first-order valence-electron chi connectivity index (χ1n) is 6.62. The molecular formula is C15H11Cl2N5O2. The molecule has 0 saturated heterocycles. The van der Waals surface area contributed by atoms with E-state index in [9.17, 15) is 0 Å². The number of anilines is 1. The van der Waals surface area contributed by atoms with E-state index in [1.165, 1.54) is 31.4 Å². The lowest BCUT2D eigenvalue weighted by Gasteiger charge is -2.10. The van der Waals surface area contributed by atoms with Gasteiger partial charge in [0.2, 0.25) is 0 Å². The molecule has 9 heteroatoms. The smallest absolute Gasteiger partial charge is 0.154 e. The summed E-state index contributed by atoms with van der Waals surface area (Å²) >= 11 is 12.6. The van der Waals surface area contributed by atoms with Crippen LogP contribution in [-0.4, -0.2) is 33.8 Å². The second-order valence-corrected chi connectivity index (χ2v) is 5.32. The molecule has 3 rings (SSSR count). The number of nitrogens with two attached hydrogens (primary N) is 1. The minimum Gasteiger partial charge on any atom is -0.495 e. The Morgan fingerprint density at radius 2 is 1.75 bits per heavy atom. The average molecular weight is 364 g/mol. The third-order valence-electron chi connectivity index (χ3n) is 3.24. The summed E-state index contributed by atoms with van der Waals surface area (Å²) in [5.41, 5.74) is 7.13. The van der Waals surface area contributed by atoms with Crippen molar-refractivity contribution in [3.8, 4) is 23.3 Å². The summed E-state index contributed by atoms with van der Waals surface area (Å²) < 4.78 is 11.9. The third kappa shape index (κ3) is 2.66. The maximum atomic E-state index is 6.29. The minimum absolute atomic E-state index is 0.271. The van der Waals surface area contributed by atoms with Crippen molar-refractivity contribution in [3.63, 3.8) is 0 Å². The van der Waals surface area contributed by atoms with Crippen LogP contribution in [0.1, 0.15) is 11.3 Å². The third-order valence-corrected chi connectivity index (χ3v) is 4.00. The predicted molar refractivity (Wildman–Crippen MR) is 90.7 cm³/mol. The maximum absolute atomic E-state index is 6.29. The molecule has 0 aliphatic heterocycles. The van der Waals surface area contributed by atoms with Gasteiger partial charge in [0, 0.05) is 6.07 Å². The van der Waals surface area contributed by atoms with E-state index in [1.54, 1.807) is 6.07 Å². The van der Waals surface area contributed by atoms with Crippen LogP contribution in [0.25, 0.3) is 5.52 Å². The fourth-order valence-corrected chi connectivity index (χ4v) is 2.67. The van der Waals surface area contributed by atoms with Crippen molar-refractivity contribution in [3.05, 3.63) is 40.0 Å². The molecule has 2 heterocycles. The van der Waals surface area contributed by atoms with E-state index in [4.69, 9.17) is 38.4 Å².